The van der Waals surface area contributed by atoms with E-state index >= 15 is 0 Å². The maximum absolute atomic E-state index is 10.6. The van der Waals surface area contributed by atoms with Crippen LogP contribution in [0.4, 0.5) is 0 Å². The molecule has 0 bridgehead atoms. The summed E-state index contributed by atoms with van der Waals surface area (Å²) in [4.78, 5) is 0. The third-order valence-electron chi connectivity index (χ3n) is 9.53. The lowest BCUT2D eigenvalue weighted by Gasteiger charge is -2.47. The molecule has 2 aliphatic carbocycles. The van der Waals surface area contributed by atoms with Crippen LogP contribution in [0.15, 0.2) is 24.3 Å². The quantitative estimate of drug-likeness (QED) is 0.252. The first-order chi connectivity index (χ1) is 16.7. The van der Waals surface area contributed by atoms with Gasteiger partial charge in [-0.2, -0.15) is 5.26 Å². The smallest absolute Gasteiger partial charge is 0.0665 e. The van der Waals surface area contributed by atoms with Crippen molar-refractivity contribution in [3.8, 4) is 6.07 Å². The average Bonchev–Trinajstić information content (AvgIpc) is 2.89. The van der Waals surface area contributed by atoms with E-state index in [0.29, 0.717) is 5.41 Å². The average molecular weight is 464 g/mol. The van der Waals surface area contributed by atoms with Crippen molar-refractivity contribution in [2.24, 2.45) is 11.3 Å². The van der Waals surface area contributed by atoms with E-state index in [1.54, 1.807) is 0 Å². The number of nitrogens with zero attached hydrogens (tertiary/aromatic N) is 1. The zero-order chi connectivity index (χ0) is 24.1. The predicted molar refractivity (Wildman–Crippen MR) is 147 cm³/mol. The van der Waals surface area contributed by atoms with Crippen molar-refractivity contribution in [3.63, 3.8) is 0 Å². The van der Waals surface area contributed by atoms with Crippen LogP contribution in [-0.2, 0) is 11.8 Å². The highest BCUT2D eigenvalue weighted by Gasteiger charge is 2.45. The molecule has 1 nitrogen and oxygen atoms in total. The largest absolute Gasteiger partial charge is 0.198 e. The molecule has 1 aromatic carbocycles. The Labute approximate surface area is 212 Å². The van der Waals surface area contributed by atoms with E-state index in [-0.39, 0.29) is 11.3 Å². The summed E-state index contributed by atoms with van der Waals surface area (Å²) >= 11 is 0. The van der Waals surface area contributed by atoms with Gasteiger partial charge in [0.25, 0.3) is 0 Å². The molecule has 3 rings (SSSR count). The van der Waals surface area contributed by atoms with Crippen LogP contribution in [0.2, 0.25) is 0 Å². The van der Waals surface area contributed by atoms with Crippen LogP contribution < -0.4 is 0 Å². The lowest BCUT2D eigenvalue weighted by Crippen LogP contribution is -2.40. The second kappa shape index (κ2) is 14.3. The van der Waals surface area contributed by atoms with E-state index < -0.39 is 0 Å². The first-order valence-corrected chi connectivity index (χ1v) is 15.2. The summed E-state index contributed by atoms with van der Waals surface area (Å²) in [6.07, 6.45) is 27.7. The zero-order valence-corrected chi connectivity index (χ0v) is 22.7. The number of rotatable bonds is 14. The van der Waals surface area contributed by atoms with Gasteiger partial charge in [-0.05, 0) is 67.9 Å². The summed E-state index contributed by atoms with van der Waals surface area (Å²) in [5.41, 5.74) is 3.48. The molecule has 2 aliphatic rings. The Morgan fingerprint density at radius 3 is 1.94 bits per heavy atom. The topological polar surface area (TPSA) is 23.8 Å². The molecule has 0 N–H and O–H groups in total. The maximum atomic E-state index is 10.6. The Bertz CT molecular complexity index is 712. The van der Waals surface area contributed by atoms with Crippen LogP contribution in [0.5, 0.6) is 0 Å². The van der Waals surface area contributed by atoms with Crippen molar-refractivity contribution in [3.05, 3.63) is 35.4 Å². The fourth-order valence-electron chi connectivity index (χ4n) is 7.36. The molecule has 1 unspecified atom stereocenters. The third kappa shape index (κ3) is 7.35. The van der Waals surface area contributed by atoms with Gasteiger partial charge in [0.2, 0.25) is 0 Å². The van der Waals surface area contributed by atoms with Gasteiger partial charge in [0, 0.05) is 5.41 Å². The van der Waals surface area contributed by atoms with Crippen LogP contribution in [0.3, 0.4) is 0 Å². The van der Waals surface area contributed by atoms with Crippen molar-refractivity contribution in [2.45, 2.75) is 154 Å². The van der Waals surface area contributed by atoms with Crippen molar-refractivity contribution in [1.82, 2.24) is 0 Å². The Kier molecular flexibility index (Phi) is 11.5. The lowest BCUT2D eigenvalue weighted by atomic mass is 9.56. The van der Waals surface area contributed by atoms with E-state index in [0.717, 1.165) is 6.42 Å². The molecular weight excluding hydrogens is 410 g/mol. The summed E-state index contributed by atoms with van der Waals surface area (Å²) in [7, 11) is 0. The van der Waals surface area contributed by atoms with Crippen LogP contribution in [0.25, 0.3) is 0 Å². The summed E-state index contributed by atoms with van der Waals surface area (Å²) < 4.78 is 0. The van der Waals surface area contributed by atoms with E-state index in [1.807, 2.05) is 0 Å². The Morgan fingerprint density at radius 2 is 1.32 bits per heavy atom. The van der Waals surface area contributed by atoms with E-state index in [4.69, 9.17) is 0 Å². The van der Waals surface area contributed by atoms with Gasteiger partial charge >= 0.3 is 0 Å². The Hall–Kier alpha value is -1.29. The number of aryl methyl sites for hydroxylation is 1. The molecule has 34 heavy (non-hydrogen) atoms. The van der Waals surface area contributed by atoms with Crippen LogP contribution in [-0.4, -0.2) is 0 Å². The van der Waals surface area contributed by atoms with Crippen molar-refractivity contribution in [1.29, 1.82) is 5.26 Å². The second-order valence-electron chi connectivity index (χ2n) is 12.0. The van der Waals surface area contributed by atoms with E-state index in [2.05, 4.69) is 44.2 Å². The molecular formula is C33H53N. The van der Waals surface area contributed by atoms with Gasteiger partial charge in [0.1, 0.15) is 0 Å². The van der Waals surface area contributed by atoms with Gasteiger partial charge in [0.05, 0.1) is 12.0 Å². The van der Waals surface area contributed by atoms with Gasteiger partial charge in [-0.3, -0.25) is 0 Å². The van der Waals surface area contributed by atoms with Crippen molar-refractivity contribution >= 4 is 0 Å². The normalized spacial score (nSPS) is 20.5. The minimum Gasteiger partial charge on any atom is -0.198 e. The lowest BCUT2D eigenvalue weighted by molar-refractivity contribution is 0.0968. The monoisotopic (exact) mass is 463 g/mol. The number of benzene rings is 1. The summed E-state index contributed by atoms with van der Waals surface area (Å²) in [6, 6.07) is 12.6. The number of hydrogen-bond donors (Lipinski definition) is 0. The zero-order valence-electron chi connectivity index (χ0n) is 22.7. The van der Waals surface area contributed by atoms with Crippen LogP contribution >= 0.6 is 0 Å². The van der Waals surface area contributed by atoms with Crippen LogP contribution in [0, 0.1) is 22.7 Å². The van der Waals surface area contributed by atoms with Gasteiger partial charge in [-0.15, -0.1) is 0 Å². The first kappa shape index (κ1) is 27.3. The number of nitriles is 1. The molecule has 190 valence electrons. The van der Waals surface area contributed by atoms with Gasteiger partial charge < -0.3 is 0 Å². The third-order valence-corrected chi connectivity index (χ3v) is 9.53. The minimum atomic E-state index is 0.0852. The van der Waals surface area contributed by atoms with Gasteiger partial charge in [-0.1, -0.05) is 122 Å². The highest BCUT2D eigenvalue weighted by Crippen LogP contribution is 2.53. The van der Waals surface area contributed by atoms with Gasteiger partial charge in [-0.25, -0.2) is 0 Å². The molecule has 1 aromatic rings. The summed E-state index contributed by atoms with van der Waals surface area (Å²) in [5.74, 6) is 0.174. The van der Waals surface area contributed by atoms with E-state index in [1.165, 1.54) is 140 Å². The standard InChI is InChI=1S/C33H53N/c1-3-5-7-8-11-17-29-18-20-30(21-19-29)33(25-15-10-16-26-33)31(28-34)27-32(22-12-6-4-2)23-13-9-14-24-32/h18-21,31H,3-17,22-27H2,1-2H3. The SMILES string of the molecule is CCCCCCCc1ccc(C2(C(C#N)CC3(CCCCC)CCCCC3)CCCCC2)cc1. The molecule has 0 radical (unpaired) electrons. The molecule has 0 aliphatic heterocycles. The fourth-order valence-corrected chi connectivity index (χ4v) is 7.36. The highest BCUT2D eigenvalue weighted by atomic mass is 14.5. The molecule has 0 spiro atoms. The number of hydrogen-bond acceptors (Lipinski definition) is 1. The Morgan fingerprint density at radius 1 is 0.735 bits per heavy atom. The molecule has 0 heterocycles. The fraction of sp³-hybridized carbons (Fsp3) is 0.788. The van der Waals surface area contributed by atoms with Crippen molar-refractivity contribution < 1.29 is 0 Å². The molecule has 0 amide bonds. The highest BCUT2D eigenvalue weighted by molar-refractivity contribution is 5.33. The predicted octanol–water partition coefficient (Wildman–Crippen LogP) is 10.5. The first-order valence-electron chi connectivity index (χ1n) is 15.2. The van der Waals surface area contributed by atoms with E-state index in [9.17, 15) is 5.26 Å². The molecule has 1 heteroatoms. The molecule has 2 saturated carbocycles. The Balaban J connectivity index is 1.76. The minimum absolute atomic E-state index is 0.0852. The molecule has 0 aromatic heterocycles. The maximum Gasteiger partial charge on any atom is 0.0665 e. The second-order valence-corrected chi connectivity index (χ2v) is 12.0. The summed E-state index contributed by atoms with van der Waals surface area (Å²) in [5, 5.41) is 10.6. The van der Waals surface area contributed by atoms with Crippen molar-refractivity contribution in [2.75, 3.05) is 0 Å². The van der Waals surface area contributed by atoms with Crippen LogP contribution in [0.1, 0.15) is 153 Å². The van der Waals surface area contributed by atoms with Gasteiger partial charge in [0.15, 0.2) is 0 Å². The number of unbranched alkanes of at least 4 members (excludes halogenated alkanes) is 6. The summed E-state index contributed by atoms with van der Waals surface area (Å²) in [6.45, 7) is 4.60. The molecule has 0 saturated heterocycles. The molecule has 1 atom stereocenters. The molecule has 2 fully saturated rings.